The van der Waals surface area contributed by atoms with Gasteiger partial charge in [-0.25, -0.2) is 9.69 Å². The third kappa shape index (κ3) is 7.63. The Kier molecular flexibility index (Phi) is 12.0. The zero-order valence-corrected chi connectivity index (χ0v) is 38.6. The third-order valence-electron chi connectivity index (χ3n) is 14.6. The number of benzene rings is 6. The Morgan fingerprint density at radius 1 is 0.757 bits per heavy atom. The molecule has 0 radical (unpaired) electrons. The van der Waals surface area contributed by atoms with Crippen LogP contribution in [-0.2, 0) is 31.1 Å². The highest BCUT2D eigenvalue weighted by atomic mass is 16.7. The summed E-state index contributed by atoms with van der Waals surface area (Å²) >= 11 is 0. The van der Waals surface area contributed by atoms with Crippen LogP contribution in [0.4, 0.5) is 10.5 Å². The SMILES string of the molecule is CC(NC(=O)N1C(=O)C2(c3ccccc31)C(C(=O)N1CCN(Cc3ccc4c(c3)OCO4)CC1)C1C(=O)OC(c3ccccc3)C(c3ccccc3)N1C2c1ccccc1OCCO)c1ccccc1. The third-order valence-corrected chi connectivity index (χ3v) is 14.6. The molecule has 6 aromatic rings. The maximum Gasteiger partial charge on any atom is 0.329 e. The molecular formula is C56H53N5O9. The average Bonchev–Trinajstić information content (AvgIpc) is 4.07. The van der Waals surface area contributed by atoms with E-state index >= 15 is 19.2 Å². The molecule has 2 N–H and O–H groups in total. The van der Waals surface area contributed by atoms with Crippen LogP contribution in [-0.4, -0.2) is 95.8 Å². The molecule has 14 heteroatoms. The Bertz CT molecular complexity index is 2920. The molecule has 5 aliphatic heterocycles. The van der Waals surface area contributed by atoms with Crippen LogP contribution in [0.25, 0.3) is 0 Å². The van der Waals surface area contributed by atoms with Gasteiger partial charge in [0.25, 0.3) is 0 Å². The van der Waals surface area contributed by atoms with Gasteiger partial charge in [-0.15, -0.1) is 0 Å². The van der Waals surface area contributed by atoms with Crippen LogP contribution in [0.1, 0.15) is 64.5 Å². The quantitative estimate of drug-likeness (QED) is 0.126. The lowest BCUT2D eigenvalue weighted by atomic mass is 9.65. The van der Waals surface area contributed by atoms with Gasteiger partial charge >= 0.3 is 12.0 Å². The van der Waals surface area contributed by atoms with Gasteiger partial charge in [0.05, 0.1) is 36.3 Å². The maximum absolute atomic E-state index is 16.6. The number of anilines is 1. The van der Waals surface area contributed by atoms with E-state index in [4.69, 9.17) is 18.9 Å². The number of esters is 1. The molecule has 5 aliphatic rings. The molecule has 0 aromatic heterocycles. The number of aliphatic hydroxyl groups is 1. The molecule has 356 valence electrons. The number of morpholine rings is 1. The fourth-order valence-corrected chi connectivity index (χ4v) is 11.5. The summed E-state index contributed by atoms with van der Waals surface area (Å²) in [7, 11) is 0. The van der Waals surface area contributed by atoms with Gasteiger partial charge < -0.3 is 34.3 Å². The number of cyclic esters (lactones) is 1. The molecular weight excluding hydrogens is 887 g/mol. The number of hydrogen-bond donors (Lipinski definition) is 2. The highest BCUT2D eigenvalue weighted by Crippen LogP contribution is 2.67. The molecule has 14 nitrogen and oxygen atoms in total. The van der Waals surface area contributed by atoms with Crippen molar-refractivity contribution in [3.63, 3.8) is 0 Å². The number of urea groups is 1. The van der Waals surface area contributed by atoms with Gasteiger partial charge in [-0.3, -0.25) is 24.2 Å². The van der Waals surface area contributed by atoms with Gasteiger partial charge in [-0.1, -0.05) is 133 Å². The monoisotopic (exact) mass is 939 g/mol. The van der Waals surface area contributed by atoms with E-state index in [9.17, 15) is 5.11 Å². The van der Waals surface area contributed by atoms with Gasteiger partial charge in [0, 0.05) is 38.3 Å². The first-order valence-electron chi connectivity index (χ1n) is 23.9. The normalized spacial score (nSPS) is 24.2. The second-order valence-electron chi connectivity index (χ2n) is 18.4. The number of carbonyl (C=O) groups excluding carboxylic acids is 4. The van der Waals surface area contributed by atoms with Crippen molar-refractivity contribution in [3.05, 3.63) is 191 Å². The fraction of sp³-hybridized carbons (Fsp3) is 0.286. The average molecular weight is 940 g/mol. The zero-order valence-electron chi connectivity index (χ0n) is 38.6. The molecule has 1 spiro atoms. The van der Waals surface area contributed by atoms with Crippen LogP contribution in [0.5, 0.6) is 17.2 Å². The smallest absolute Gasteiger partial charge is 0.329 e. The van der Waals surface area contributed by atoms with Crippen molar-refractivity contribution in [3.8, 4) is 17.2 Å². The second-order valence-corrected chi connectivity index (χ2v) is 18.4. The van der Waals surface area contributed by atoms with Crippen LogP contribution in [0.15, 0.2) is 158 Å². The molecule has 7 atom stereocenters. The van der Waals surface area contributed by atoms with Crippen molar-refractivity contribution in [2.75, 3.05) is 51.1 Å². The minimum atomic E-state index is -1.93. The van der Waals surface area contributed by atoms with Crippen LogP contribution < -0.4 is 24.4 Å². The van der Waals surface area contributed by atoms with Gasteiger partial charge in [-0.2, -0.15) is 0 Å². The zero-order chi connectivity index (χ0) is 47.9. The molecule has 70 heavy (non-hydrogen) atoms. The van der Waals surface area contributed by atoms with Crippen LogP contribution >= 0.6 is 0 Å². The Morgan fingerprint density at radius 2 is 1.41 bits per heavy atom. The summed E-state index contributed by atoms with van der Waals surface area (Å²) in [6.07, 6.45) is -0.885. The first kappa shape index (κ1) is 45.0. The fourth-order valence-electron chi connectivity index (χ4n) is 11.5. The molecule has 7 unspecified atom stereocenters. The first-order valence-corrected chi connectivity index (χ1v) is 23.9. The van der Waals surface area contributed by atoms with Crippen molar-refractivity contribution in [1.29, 1.82) is 0 Å². The van der Waals surface area contributed by atoms with Gasteiger partial charge in [-0.05, 0) is 59.0 Å². The largest absolute Gasteiger partial charge is 0.491 e. The van der Waals surface area contributed by atoms with E-state index in [1.165, 1.54) is 4.90 Å². The lowest BCUT2D eigenvalue weighted by molar-refractivity contribution is -0.179. The van der Waals surface area contributed by atoms with E-state index < -0.39 is 65.4 Å². The summed E-state index contributed by atoms with van der Waals surface area (Å²) in [6, 6.07) is 44.6. The molecule has 0 saturated carbocycles. The molecule has 5 heterocycles. The van der Waals surface area contributed by atoms with Gasteiger partial charge in [0.2, 0.25) is 18.6 Å². The standard InChI is InChI=1S/C56H53N5O9/c1-36(38-15-5-2-6-16-38)57-55(66)60-43-23-13-12-22-42(43)56(54(60)65)47(52(63)59-29-27-58(28-30-59)34-37-25-26-45-46(33-37)69-35-68-45)49-53(64)70-50(40-19-9-4-10-20-40)48(39-17-7-3-8-18-39)61(49)51(56)41-21-11-14-24-44(41)67-32-31-62/h2-26,33,36,47-51,62H,27-32,34-35H2,1H3,(H,57,66). The molecule has 0 aliphatic carbocycles. The number of hydrogen-bond acceptors (Lipinski definition) is 11. The van der Waals surface area contributed by atoms with Crippen molar-refractivity contribution in [2.45, 2.75) is 49.2 Å². The van der Waals surface area contributed by atoms with E-state index in [0.29, 0.717) is 66.8 Å². The highest BCUT2D eigenvalue weighted by molar-refractivity contribution is 6.24. The first-order chi connectivity index (χ1) is 34.3. The summed E-state index contributed by atoms with van der Waals surface area (Å²) in [5.41, 5.74) is 2.70. The van der Waals surface area contributed by atoms with Gasteiger partial charge in [0.15, 0.2) is 11.5 Å². The Labute approximate surface area is 405 Å². The minimum absolute atomic E-state index is 0.0632. The lowest BCUT2D eigenvalue weighted by Crippen LogP contribution is -2.59. The van der Waals surface area contributed by atoms with Crippen LogP contribution in [0.2, 0.25) is 0 Å². The van der Waals surface area contributed by atoms with Crippen molar-refractivity contribution in [1.82, 2.24) is 20.0 Å². The predicted molar refractivity (Wildman–Crippen MR) is 259 cm³/mol. The number of carbonyl (C=O) groups is 4. The Balaban J connectivity index is 1.09. The Hall–Kier alpha value is -7.52. The number of aliphatic hydroxyl groups excluding tert-OH is 1. The van der Waals surface area contributed by atoms with Crippen LogP contribution in [0, 0.1) is 5.92 Å². The molecule has 0 bridgehead atoms. The summed E-state index contributed by atoms with van der Waals surface area (Å²) < 4.78 is 24.2. The number of para-hydroxylation sites is 2. The van der Waals surface area contributed by atoms with Crippen LogP contribution in [0.3, 0.4) is 0 Å². The molecule has 4 amide bonds. The number of piperazine rings is 1. The van der Waals surface area contributed by atoms with E-state index in [0.717, 1.165) is 22.3 Å². The number of amides is 4. The minimum Gasteiger partial charge on any atom is -0.491 e. The summed E-state index contributed by atoms with van der Waals surface area (Å²) in [5.74, 6) is -1.37. The van der Waals surface area contributed by atoms with Crippen molar-refractivity contribution in [2.24, 2.45) is 5.92 Å². The number of nitrogens with zero attached hydrogens (tertiary/aromatic N) is 4. The molecule has 6 aromatic carbocycles. The molecule has 3 fully saturated rings. The number of imide groups is 1. The number of nitrogens with one attached hydrogen (secondary N) is 1. The lowest BCUT2D eigenvalue weighted by Gasteiger charge is -2.46. The number of fused-ring (bicyclic) bond motifs is 4. The molecule has 11 rings (SSSR count). The summed E-state index contributed by atoms with van der Waals surface area (Å²) in [4.78, 5) is 70.7. The Morgan fingerprint density at radius 3 is 2.16 bits per heavy atom. The van der Waals surface area contributed by atoms with Crippen molar-refractivity contribution >= 4 is 29.5 Å². The van der Waals surface area contributed by atoms with E-state index in [1.54, 1.807) is 29.2 Å². The van der Waals surface area contributed by atoms with E-state index in [-0.39, 0.29) is 20.0 Å². The van der Waals surface area contributed by atoms with E-state index in [1.807, 2.05) is 145 Å². The summed E-state index contributed by atoms with van der Waals surface area (Å²) in [6.45, 7) is 3.93. The molecule has 3 saturated heterocycles. The second kappa shape index (κ2) is 18.8. The predicted octanol–water partition coefficient (Wildman–Crippen LogP) is 7.27. The van der Waals surface area contributed by atoms with Gasteiger partial charge in [0.1, 0.15) is 29.9 Å². The summed E-state index contributed by atoms with van der Waals surface area (Å²) in [5, 5.41) is 13.2. The highest BCUT2D eigenvalue weighted by Gasteiger charge is 2.76. The number of rotatable bonds is 11. The maximum atomic E-state index is 16.6. The topological polar surface area (TPSA) is 150 Å². The van der Waals surface area contributed by atoms with E-state index in [2.05, 4.69) is 10.2 Å². The number of ether oxygens (including phenoxy) is 4. The van der Waals surface area contributed by atoms with Crippen molar-refractivity contribution < 1.29 is 43.2 Å².